The molecule has 1 aromatic heterocycles. The Hall–Kier alpha value is -2.99. The molecule has 0 aliphatic rings. The molecule has 0 radical (unpaired) electrons. The SMILES string of the molecule is CC(N)C(=O)NC(C(=O)NC(Cc1cnc[nH]1)C(=O)NC(C)C(=O)O)C(C)O. The van der Waals surface area contributed by atoms with Gasteiger partial charge in [0.1, 0.15) is 18.1 Å². The van der Waals surface area contributed by atoms with Crippen LogP contribution in [0.4, 0.5) is 0 Å². The molecule has 1 heterocycles. The van der Waals surface area contributed by atoms with Gasteiger partial charge in [0.05, 0.1) is 18.5 Å². The van der Waals surface area contributed by atoms with Crippen LogP contribution in [-0.2, 0) is 25.6 Å². The minimum absolute atomic E-state index is 0.0162. The Morgan fingerprint density at radius 1 is 1.11 bits per heavy atom. The third-order valence-electron chi connectivity index (χ3n) is 3.82. The number of amides is 3. The highest BCUT2D eigenvalue weighted by Gasteiger charge is 2.31. The minimum atomic E-state index is -1.35. The van der Waals surface area contributed by atoms with Gasteiger partial charge in [-0.1, -0.05) is 0 Å². The first kappa shape index (κ1) is 23.0. The molecule has 0 aliphatic heterocycles. The van der Waals surface area contributed by atoms with Crippen molar-refractivity contribution in [3.8, 4) is 0 Å². The number of carbonyl (C=O) groups excluding carboxylic acids is 3. The van der Waals surface area contributed by atoms with Crippen molar-refractivity contribution in [2.24, 2.45) is 5.73 Å². The van der Waals surface area contributed by atoms with E-state index in [2.05, 4.69) is 25.9 Å². The lowest BCUT2D eigenvalue weighted by atomic mass is 10.1. The van der Waals surface area contributed by atoms with E-state index < -0.39 is 54.0 Å². The summed E-state index contributed by atoms with van der Waals surface area (Å²) in [5.74, 6) is -3.48. The van der Waals surface area contributed by atoms with Crippen LogP contribution in [0.1, 0.15) is 26.5 Å². The van der Waals surface area contributed by atoms with Crippen LogP contribution in [0.25, 0.3) is 0 Å². The van der Waals surface area contributed by atoms with E-state index in [1.54, 1.807) is 0 Å². The summed E-state index contributed by atoms with van der Waals surface area (Å²) in [6.07, 6.45) is 1.54. The lowest BCUT2D eigenvalue weighted by Crippen LogP contribution is -2.59. The van der Waals surface area contributed by atoms with Crippen LogP contribution >= 0.6 is 0 Å². The van der Waals surface area contributed by atoms with Gasteiger partial charge in [-0.25, -0.2) is 4.98 Å². The Labute approximate surface area is 161 Å². The summed E-state index contributed by atoms with van der Waals surface area (Å²) < 4.78 is 0. The van der Waals surface area contributed by atoms with Crippen molar-refractivity contribution in [2.45, 2.75) is 57.5 Å². The number of carboxylic acids is 1. The molecule has 3 amide bonds. The number of hydrogen-bond acceptors (Lipinski definition) is 7. The molecule has 28 heavy (non-hydrogen) atoms. The number of carbonyl (C=O) groups is 4. The number of nitrogens with zero attached hydrogens (tertiary/aromatic N) is 1. The first-order valence-corrected chi connectivity index (χ1v) is 8.57. The van der Waals surface area contributed by atoms with E-state index in [0.29, 0.717) is 5.69 Å². The number of aliphatic carboxylic acids is 1. The van der Waals surface area contributed by atoms with Crippen molar-refractivity contribution in [1.82, 2.24) is 25.9 Å². The molecule has 0 spiro atoms. The predicted molar refractivity (Wildman–Crippen MR) is 96.7 cm³/mol. The van der Waals surface area contributed by atoms with E-state index in [9.17, 15) is 24.3 Å². The maximum absolute atomic E-state index is 12.6. The zero-order chi connectivity index (χ0) is 21.4. The number of aromatic amines is 1. The lowest BCUT2D eigenvalue weighted by molar-refractivity contribution is -0.142. The van der Waals surface area contributed by atoms with E-state index in [4.69, 9.17) is 10.8 Å². The summed E-state index contributed by atoms with van der Waals surface area (Å²) in [4.78, 5) is 54.3. The highest BCUT2D eigenvalue weighted by molar-refractivity contribution is 5.94. The van der Waals surface area contributed by atoms with E-state index in [1.807, 2.05) is 0 Å². The third-order valence-corrected chi connectivity index (χ3v) is 3.82. The van der Waals surface area contributed by atoms with Crippen LogP contribution in [-0.4, -0.2) is 74.1 Å². The molecule has 0 saturated carbocycles. The van der Waals surface area contributed by atoms with Gasteiger partial charge >= 0.3 is 5.97 Å². The van der Waals surface area contributed by atoms with E-state index in [1.165, 1.54) is 33.3 Å². The van der Waals surface area contributed by atoms with Crippen molar-refractivity contribution in [2.75, 3.05) is 0 Å². The van der Waals surface area contributed by atoms with Gasteiger partial charge in [-0.05, 0) is 20.8 Å². The number of H-pyrrole nitrogens is 1. The second-order valence-corrected chi connectivity index (χ2v) is 6.43. The zero-order valence-corrected chi connectivity index (χ0v) is 15.8. The Kier molecular flexibility index (Phi) is 8.54. The molecule has 12 heteroatoms. The van der Waals surface area contributed by atoms with Gasteiger partial charge in [-0.15, -0.1) is 0 Å². The summed E-state index contributed by atoms with van der Waals surface area (Å²) in [6, 6.07) is -4.62. The number of aliphatic hydroxyl groups excluding tert-OH is 1. The molecule has 156 valence electrons. The van der Waals surface area contributed by atoms with Gasteiger partial charge < -0.3 is 36.9 Å². The van der Waals surface area contributed by atoms with Crippen LogP contribution in [0.3, 0.4) is 0 Å². The summed E-state index contributed by atoms with van der Waals surface area (Å²) in [5.41, 5.74) is 5.96. The molecule has 1 rings (SSSR count). The number of nitrogens with one attached hydrogen (secondary N) is 4. The number of aromatic nitrogens is 2. The number of nitrogens with two attached hydrogens (primary N) is 1. The fraction of sp³-hybridized carbons (Fsp3) is 0.562. The van der Waals surface area contributed by atoms with E-state index in [-0.39, 0.29) is 6.42 Å². The molecular formula is C16H26N6O6. The highest BCUT2D eigenvalue weighted by Crippen LogP contribution is 2.02. The molecule has 0 aromatic carbocycles. The normalized spacial score (nSPS) is 16.2. The van der Waals surface area contributed by atoms with Gasteiger partial charge in [0.15, 0.2) is 0 Å². The van der Waals surface area contributed by atoms with E-state index >= 15 is 0 Å². The van der Waals surface area contributed by atoms with Crippen LogP contribution < -0.4 is 21.7 Å². The maximum atomic E-state index is 12.6. The second kappa shape index (κ2) is 10.4. The third kappa shape index (κ3) is 6.96. The number of aliphatic hydroxyl groups is 1. The molecule has 8 N–H and O–H groups in total. The van der Waals surface area contributed by atoms with Crippen molar-refractivity contribution in [1.29, 1.82) is 0 Å². The Bertz CT molecular complexity index is 690. The molecule has 0 saturated heterocycles. The Morgan fingerprint density at radius 3 is 2.21 bits per heavy atom. The molecule has 12 nitrogen and oxygen atoms in total. The van der Waals surface area contributed by atoms with Crippen LogP contribution in [0.2, 0.25) is 0 Å². The maximum Gasteiger partial charge on any atom is 0.325 e. The molecule has 0 bridgehead atoms. The smallest absolute Gasteiger partial charge is 0.325 e. The summed E-state index contributed by atoms with van der Waals surface area (Å²) in [6.45, 7) is 3.98. The largest absolute Gasteiger partial charge is 0.480 e. The first-order valence-electron chi connectivity index (χ1n) is 8.57. The van der Waals surface area contributed by atoms with Crippen molar-refractivity contribution in [3.05, 3.63) is 18.2 Å². The lowest BCUT2D eigenvalue weighted by Gasteiger charge is -2.25. The minimum Gasteiger partial charge on any atom is -0.480 e. The van der Waals surface area contributed by atoms with Crippen LogP contribution in [0.5, 0.6) is 0 Å². The van der Waals surface area contributed by atoms with Gasteiger partial charge in [0, 0.05) is 18.3 Å². The average molecular weight is 398 g/mol. The van der Waals surface area contributed by atoms with Crippen LogP contribution in [0.15, 0.2) is 12.5 Å². The topological polar surface area (TPSA) is 200 Å². The zero-order valence-electron chi connectivity index (χ0n) is 15.8. The average Bonchev–Trinajstić information content (AvgIpc) is 3.10. The standard InChI is InChI=1S/C16H26N6O6/c1-7(17)13(24)22-12(9(3)23)15(26)21-11(4-10-5-18-6-19-10)14(25)20-8(2)16(27)28/h5-9,11-12,23H,4,17H2,1-3H3,(H,18,19)(H,20,25)(H,21,26)(H,22,24)(H,27,28). The van der Waals surface area contributed by atoms with Crippen molar-refractivity contribution in [3.63, 3.8) is 0 Å². The summed E-state index contributed by atoms with van der Waals surface area (Å²) >= 11 is 0. The fourth-order valence-electron chi connectivity index (χ4n) is 2.15. The van der Waals surface area contributed by atoms with Gasteiger partial charge in [0.2, 0.25) is 17.7 Å². The number of imidazole rings is 1. The summed E-state index contributed by atoms with van der Waals surface area (Å²) in [5, 5.41) is 25.8. The number of hydrogen-bond donors (Lipinski definition) is 7. The quantitative estimate of drug-likeness (QED) is 0.220. The van der Waals surface area contributed by atoms with Crippen molar-refractivity contribution >= 4 is 23.7 Å². The number of carboxylic acid groups (broad SMARTS) is 1. The second-order valence-electron chi connectivity index (χ2n) is 6.43. The molecule has 0 fully saturated rings. The van der Waals surface area contributed by atoms with Crippen LogP contribution in [0, 0.1) is 0 Å². The Balaban J connectivity index is 2.95. The molecule has 1 aromatic rings. The fourth-order valence-corrected chi connectivity index (χ4v) is 2.15. The van der Waals surface area contributed by atoms with Gasteiger partial charge in [-0.2, -0.15) is 0 Å². The highest BCUT2D eigenvalue weighted by atomic mass is 16.4. The predicted octanol–water partition coefficient (Wildman–Crippen LogP) is -2.76. The van der Waals surface area contributed by atoms with Gasteiger partial charge in [-0.3, -0.25) is 19.2 Å². The monoisotopic (exact) mass is 398 g/mol. The molecule has 5 atom stereocenters. The Morgan fingerprint density at radius 2 is 1.75 bits per heavy atom. The van der Waals surface area contributed by atoms with Crippen molar-refractivity contribution < 1.29 is 29.4 Å². The first-order chi connectivity index (χ1) is 13.0. The van der Waals surface area contributed by atoms with E-state index in [0.717, 1.165) is 0 Å². The molecule has 5 unspecified atom stereocenters. The van der Waals surface area contributed by atoms with Gasteiger partial charge in [0.25, 0.3) is 0 Å². The molecule has 0 aliphatic carbocycles. The summed E-state index contributed by atoms with van der Waals surface area (Å²) in [7, 11) is 0. The molecular weight excluding hydrogens is 372 g/mol. The number of rotatable bonds is 10.